The lowest BCUT2D eigenvalue weighted by molar-refractivity contribution is -0.142. The molecule has 0 saturated carbocycles. The first-order chi connectivity index (χ1) is 7.18. The Balaban J connectivity index is 2.26. The number of benzene rings is 1. The van der Waals surface area contributed by atoms with Gasteiger partial charge in [-0.15, -0.1) is 0 Å². The van der Waals surface area contributed by atoms with E-state index in [0.29, 0.717) is 6.42 Å². The molecule has 3 heteroatoms. The summed E-state index contributed by atoms with van der Waals surface area (Å²) < 4.78 is 0. The first-order valence-electron chi connectivity index (χ1n) is 5.21. The van der Waals surface area contributed by atoms with Gasteiger partial charge in [-0.3, -0.25) is 4.79 Å². The van der Waals surface area contributed by atoms with E-state index in [-0.39, 0.29) is 12.0 Å². The summed E-state index contributed by atoms with van der Waals surface area (Å²) in [6.07, 6.45) is 0.716. The predicted molar refractivity (Wildman–Crippen MR) is 57.7 cm³/mol. The van der Waals surface area contributed by atoms with Gasteiger partial charge in [0.05, 0.1) is 5.92 Å². The minimum absolute atomic E-state index is 0.0256. The van der Waals surface area contributed by atoms with Gasteiger partial charge in [-0.1, -0.05) is 29.8 Å². The maximum atomic E-state index is 11.0. The zero-order valence-electron chi connectivity index (χ0n) is 8.73. The van der Waals surface area contributed by atoms with Gasteiger partial charge in [0.15, 0.2) is 0 Å². The molecule has 0 aliphatic carbocycles. The Morgan fingerprint density at radius 2 is 2.33 bits per heavy atom. The molecule has 0 amide bonds. The van der Waals surface area contributed by atoms with Gasteiger partial charge in [0.2, 0.25) is 0 Å². The minimum Gasteiger partial charge on any atom is -0.481 e. The third-order valence-electron chi connectivity index (χ3n) is 2.94. The van der Waals surface area contributed by atoms with Crippen molar-refractivity contribution >= 4 is 5.97 Å². The van der Waals surface area contributed by atoms with E-state index in [1.165, 1.54) is 5.56 Å². The van der Waals surface area contributed by atoms with Crippen molar-refractivity contribution in [1.82, 2.24) is 5.32 Å². The van der Waals surface area contributed by atoms with E-state index in [9.17, 15) is 4.79 Å². The van der Waals surface area contributed by atoms with Crippen LogP contribution in [0.25, 0.3) is 0 Å². The van der Waals surface area contributed by atoms with E-state index in [1.807, 2.05) is 25.1 Å². The smallest absolute Gasteiger partial charge is 0.308 e. The van der Waals surface area contributed by atoms with Gasteiger partial charge in [0.25, 0.3) is 0 Å². The average molecular weight is 205 g/mol. The number of hydrogen-bond acceptors (Lipinski definition) is 2. The number of carboxylic acids is 1. The molecular formula is C12H15NO2. The Morgan fingerprint density at radius 3 is 3.00 bits per heavy atom. The number of nitrogens with one attached hydrogen (secondary N) is 1. The van der Waals surface area contributed by atoms with Crippen molar-refractivity contribution in [3.8, 4) is 0 Å². The summed E-state index contributed by atoms with van der Waals surface area (Å²) in [4.78, 5) is 11.0. The molecule has 0 aromatic heterocycles. The summed E-state index contributed by atoms with van der Waals surface area (Å²) in [6, 6.07) is 8.02. The van der Waals surface area contributed by atoms with Crippen LogP contribution in [0.3, 0.4) is 0 Å². The highest BCUT2D eigenvalue weighted by Gasteiger charge is 2.33. The SMILES string of the molecule is Cc1cccc(C2NCCC2C(=O)O)c1. The minimum atomic E-state index is -0.702. The maximum Gasteiger partial charge on any atom is 0.308 e. The largest absolute Gasteiger partial charge is 0.481 e. The summed E-state index contributed by atoms with van der Waals surface area (Å²) >= 11 is 0. The van der Waals surface area contributed by atoms with Crippen molar-refractivity contribution in [2.24, 2.45) is 5.92 Å². The van der Waals surface area contributed by atoms with E-state index < -0.39 is 5.97 Å². The van der Waals surface area contributed by atoms with E-state index in [0.717, 1.165) is 12.1 Å². The van der Waals surface area contributed by atoms with E-state index in [2.05, 4.69) is 11.4 Å². The molecule has 1 aliphatic rings. The summed E-state index contributed by atoms with van der Waals surface area (Å²) in [7, 11) is 0. The number of aryl methyl sites for hydroxylation is 1. The highest BCUT2D eigenvalue weighted by atomic mass is 16.4. The van der Waals surface area contributed by atoms with Crippen LogP contribution in [-0.2, 0) is 4.79 Å². The number of carbonyl (C=O) groups is 1. The molecule has 3 nitrogen and oxygen atoms in total. The summed E-state index contributed by atoms with van der Waals surface area (Å²) in [5.74, 6) is -0.988. The molecule has 15 heavy (non-hydrogen) atoms. The molecular weight excluding hydrogens is 190 g/mol. The Kier molecular flexibility index (Phi) is 2.73. The molecule has 1 aromatic carbocycles. The van der Waals surface area contributed by atoms with Crippen LogP contribution in [0.15, 0.2) is 24.3 Å². The van der Waals surface area contributed by atoms with Gasteiger partial charge >= 0.3 is 5.97 Å². The van der Waals surface area contributed by atoms with Crippen molar-refractivity contribution in [3.63, 3.8) is 0 Å². The third kappa shape index (κ3) is 2.02. The quantitative estimate of drug-likeness (QED) is 0.773. The van der Waals surface area contributed by atoms with Crippen LogP contribution in [0, 0.1) is 12.8 Å². The second-order valence-corrected chi connectivity index (χ2v) is 4.08. The van der Waals surface area contributed by atoms with Crippen molar-refractivity contribution in [2.45, 2.75) is 19.4 Å². The Morgan fingerprint density at radius 1 is 1.53 bits per heavy atom. The lowest BCUT2D eigenvalue weighted by Gasteiger charge is -2.16. The lowest BCUT2D eigenvalue weighted by atomic mass is 9.93. The standard InChI is InChI=1S/C12H15NO2/c1-8-3-2-4-9(7-8)11-10(12(14)15)5-6-13-11/h2-4,7,10-11,13H,5-6H2,1H3,(H,14,15). The van der Waals surface area contributed by atoms with Crippen molar-refractivity contribution in [1.29, 1.82) is 0 Å². The van der Waals surface area contributed by atoms with Crippen LogP contribution in [0.2, 0.25) is 0 Å². The fourth-order valence-corrected chi connectivity index (χ4v) is 2.18. The zero-order chi connectivity index (χ0) is 10.8. The van der Waals surface area contributed by atoms with Gasteiger partial charge in [0.1, 0.15) is 0 Å². The second-order valence-electron chi connectivity index (χ2n) is 4.08. The molecule has 1 fully saturated rings. The highest BCUT2D eigenvalue weighted by molar-refractivity contribution is 5.71. The molecule has 2 atom stereocenters. The third-order valence-corrected chi connectivity index (χ3v) is 2.94. The van der Waals surface area contributed by atoms with Crippen molar-refractivity contribution < 1.29 is 9.90 Å². The average Bonchev–Trinajstić information content (AvgIpc) is 2.65. The molecule has 0 spiro atoms. The second kappa shape index (κ2) is 4.03. The van der Waals surface area contributed by atoms with Gasteiger partial charge in [-0.25, -0.2) is 0 Å². The van der Waals surface area contributed by atoms with Gasteiger partial charge in [0, 0.05) is 6.04 Å². The Hall–Kier alpha value is -1.35. The maximum absolute atomic E-state index is 11.0. The van der Waals surface area contributed by atoms with Crippen LogP contribution in [-0.4, -0.2) is 17.6 Å². The van der Waals surface area contributed by atoms with Gasteiger partial charge in [-0.05, 0) is 25.5 Å². The van der Waals surface area contributed by atoms with Gasteiger partial charge in [-0.2, -0.15) is 0 Å². The molecule has 2 unspecified atom stereocenters. The van der Waals surface area contributed by atoms with E-state index in [4.69, 9.17) is 5.11 Å². The molecule has 1 saturated heterocycles. The monoisotopic (exact) mass is 205 g/mol. The first kappa shape index (κ1) is 10.2. The van der Waals surface area contributed by atoms with Crippen molar-refractivity contribution in [2.75, 3.05) is 6.54 Å². The lowest BCUT2D eigenvalue weighted by Crippen LogP contribution is -2.23. The topological polar surface area (TPSA) is 49.3 Å². The zero-order valence-corrected chi connectivity index (χ0v) is 8.73. The van der Waals surface area contributed by atoms with E-state index in [1.54, 1.807) is 0 Å². The molecule has 0 radical (unpaired) electrons. The predicted octanol–water partition coefficient (Wildman–Crippen LogP) is 1.73. The molecule has 80 valence electrons. The highest BCUT2D eigenvalue weighted by Crippen LogP contribution is 2.29. The Labute approximate surface area is 89.1 Å². The van der Waals surface area contributed by atoms with Crippen LogP contribution < -0.4 is 5.32 Å². The van der Waals surface area contributed by atoms with E-state index >= 15 is 0 Å². The number of hydrogen-bond donors (Lipinski definition) is 2. The fourth-order valence-electron chi connectivity index (χ4n) is 2.18. The van der Waals surface area contributed by atoms with Crippen LogP contribution in [0.5, 0.6) is 0 Å². The molecule has 0 bridgehead atoms. The number of carboxylic acid groups (broad SMARTS) is 1. The van der Waals surface area contributed by atoms with Gasteiger partial charge < -0.3 is 10.4 Å². The summed E-state index contributed by atoms with van der Waals surface area (Å²) in [6.45, 7) is 2.81. The fraction of sp³-hybridized carbons (Fsp3) is 0.417. The molecule has 2 N–H and O–H groups in total. The van der Waals surface area contributed by atoms with Crippen LogP contribution in [0.1, 0.15) is 23.6 Å². The number of aliphatic carboxylic acids is 1. The van der Waals surface area contributed by atoms with Crippen LogP contribution in [0.4, 0.5) is 0 Å². The van der Waals surface area contributed by atoms with Crippen LogP contribution >= 0.6 is 0 Å². The molecule has 1 heterocycles. The summed E-state index contributed by atoms with van der Waals surface area (Å²) in [5.41, 5.74) is 2.25. The van der Waals surface area contributed by atoms with Crippen molar-refractivity contribution in [3.05, 3.63) is 35.4 Å². The molecule has 1 aliphatic heterocycles. The molecule has 1 aromatic rings. The number of rotatable bonds is 2. The normalized spacial score (nSPS) is 25.4. The Bertz CT molecular complexity index is 376. The summed E-state index contributed by atoms with van der Waals surface area (Å²) in [5, 5.41) is 12.3. The first-order valence-corrected chi connectivity index (χ1v) is 5.21. The molecule has 2 rings (SSSR count).